The summed E-state index contributed by atoms with van der Waals surface area (Å²) in [5.41, 5.74) is 2.50. The molecule has 2 aliphatic rings. The molecule has 2 aliphatic carbocycles. The standard InChI is InChI=1S/C17H17Cl2NO2/c18-13-5-2-6-14(19)15(13)16-12(9-21-11-3-1-4-11)17(22-20-16)10-7-8-10/h2,5-6,10-11H,1,3-4,7-9H2. The number of hydrogen-bond donors (Lipinski definition) is 0. The maximum Gasteiger partial charge on any atom is 0.145 e. The van der Waals surface area contributed by atoms with Crippen LogP contribution in [0.15, 0.2) is 22.7 Å². The maximum atomic E-state index is 6.33. The zero-order valence-electron chi connectivity index (χ0n) is 12.1. The third-order valence-corrected chi connectivity index (χ3v) is 5.11. The fraction of sp³-hybridized carbons (Fsp3) is 0.471. The first kappa shape index (κ1) is 14.6. The van der Waals surface area contributed by atoms with Gasteiger partial charge in [-0.1, -0.05) is 34.4 Å². The normalized spacial score (nSPS) is 18.5. The highest BCUT2D eigenvalue weighted by molar-refractivity contribution is 6.39. The molecule has 0 unspecified atom stereocenters. The van der Waals surface area contributed by atoms with Crippen molar-refractivity contribution in [2.75, 3.05) is 0 Å². The van der Waals surface area contributed by atoms with Gasteiger partial charge in [0.25, 0.3) is 0 Å². The van der Waals surface area contributed by atoms with Gasteiger partial charge in [0.1, 0.15) is 11.5 Å². The van der Waals surface area contributed by atoms with Crippen molar-refractivity contribution in [1.82, 2.24) is 5.16 Å². The van der Waals surface area contributed by atoms with E-state index < -0.39 is 0 Å². The maximum absolute atomic E-state index is 6.33. The summed E-state index contributed by atoms with van der Waals surface area (Å²) < 4.78 is 11.6. The van der Waals surface area contributed by atoms with Gasteiger partial charge in [0, 0.05) is 17.0 Å². The third kappa shape index (κ3) is 2.66. The zero-order chi connectivity index (χ0) is 15.1. The molecule has 0 saturated heterocycles. The molecule has 22 heavy (non-hydrogen) atoms. The lowest BCUT2D eigenvalue weighted by atomic mass is 9.96. The number of halogens is 2. The van der Waals surface area contributed by atoms with E-state index in [1.807, 2.05) is 18.2 Å². The van der Waals surface area contributed by atoms with Crippen molar-refractivity contribution >= 4 is 23.2 Å². The lowest BCUT2D eigenvalue weighted by Crippen LogP contribution is -2.21. The van der Waals surface area contributed by atoms with E-state index in [0.717, 1.165) is 48.3 Å². The van der Waals surface area contributed by atoms with Crippen LogP contribution < -0.4 is 0 Å². The molecule has 2 saturated carbocycles. The van der Waals surface area contributed by atoms with Crippen molar-refractivity contribution in [2.24, 2.45) is 0 Å². The molecule has 0 amide bonds. The Morgan fingerprint density at radius 3 is 2.45 bits per heavy atom. The van der Waals surface area contributed by atoms with Crippen LogP contribution in [0.5, 0.6) is 0 Å². The average molecular weight is 338 g/mol. The summed E-state index contributed by atoms with van der Waals surface area (Å²) in [4.78, 5) is 0. The Hall–Kier alpha value is -1.03. The molecule has 0 radical (unpaired) electrons. The molecule has 0 N–H and O–H groups in total. The molecule has 1 heterocycles. The Balaban J connectivity index is 1.71. The fourth-order valence-corrected chi connectivity index (χ4v) is 3.36. The molecule has 4 rings (SSSR count). The van der Waals surface area contributed by atoms with Crippen molar-refractivity contribution in [3.05, 3.63) is 39.6 Å². The first-order chi connectivity index (χ1) is 10.7. The van der Waals surface area contributed by atoms with Crippen LogP contribution in [-0.2, 0) is 11.3 Å². The van der Waals surface area contributed by atoms with Gasteiger partial charge in [0.15, 0.2) is 0 Å². The van der Waals surface area contributed by atoms with Gasteiger partial charge in [0.2, 0.25) is 0 Å². The minimum absolute atomic E-state index is 0.372. The smallest absolute Gasteiger partial charge is 0.145 e. The van der Waals surface area contributed by atoms with E-state index in [2.05, 4.69) is 5.16 Å². The van der Waals surface area contributed by atoms with Crippen LogP contribution in [0.4, 0.5) is 0 Å². The molecule has 1 aromatic carbocycles. The second-order valence-corrected chi connectivity index (χ2v) is 6.92. The van der Waals surface area contributed by atoms with Crippen LogP contribution in [0.1, 0.15) is 49.3 Å². The minimum atomic E-state index is 0.372. The van der Waals surface area contributed by atoms with Crippen molar-refractivity contribution in [3.63, 3.8) is 0 Å². The fourth-order valence-electron chi connectivity index (χ4n) is 2.79. The highest BCUT2D eigenvalue weighted by Gasteiger charge is 2.34. The van der Waals surface area contributed by atoms with Gasteiger partial charge in [-0.15, -0.1) is 0 Å². The van der Waals surface area contributed by atoms with Crippen molar-refractivity contribution in [1.29, 1.82) is 0 Å². The summed E-state index contributed by atoms with van der Waals surface area (Å²) in [6.07, 6.45) is 6.23. The minimum Gasteiger partial charge on any atom is -0.373 e. The molecule has 2 aromatic rings. The van der Waals surface area contributed by atoms with Crippen molar-refractivity contribution in [2.45, 2.75) is 50.7 Å². The van der Waals surface area contributed by atoms with Crippen LogP contribution in [0.3, 0.4) is 0 Å². The highest BCUT2D eigenvalue weighted by Crippen LogP contribution is 2.46. The van der Waals surface area contributed by atoms with E-state index in [9.17, 15) is 0 Å². The molecular weight excluding hydrogens is 321 g/mol. The largest absolute Gasteiger partial charge is 0.373 e. The second-order valence-electron chi connectivity index (χ2n) is 6.11. The topological polar surface area (TPSA) is 35.3 Å². The summed E-state index contributed by atoms with van der Waals surface area (Å²) in [6.45, 7) is 0.525. The summed E-state index contributed by atoms with van der Waals surface area (Å²) in [6, 6.07) is 5.48. The Labute approximate surface area is 139 Å². The van der Waals surface area contributed by atoms with Gasteiger partial charge in [-0.25, -0.2) is 0 Å². The summed E-state index contributed by atoms with van der Waals surface area (Å²) in [7, 11) is 0. The van der Waals surface area contributed by atoms with E-state index in [4.69, 9.17) is 32.5 Å². The molecule has 116 valence electrons. The predicted molar refractivity (Wildman–Crippen MR) is 86.4 cm³/mol. The van der Waals surface area contributed by atoms with Crippen LogP contribution >= 0.6 is 23.2 Å². The molecule has 3 nitrogen and oxygen atoms in total. The van der Waals surface area contributed by atoms with Crippen LogP contribution in [0.25, 0.3) is 11.3 Å². The lowest BCUT2D eigenvalue weighted by molar-refractivity contribution is -0.00903. The first-order valence-electron chi connectivity index (χ1n) is 7.78. The van der Waals surface area contributed by atoms with E-state index in [1.165, 1.54) is 6.42 Å². The molecule has 0 aliphatic heterocycles. The average Bonchev–Trinajstić information content (AvgIpc) is 3.20. The molecule has 0 bridgehead atoms. The van der Waals surface area contributed by atoms with Crippen molar-refractivity contribution < 1.29 is 9.26 Å². The molecule has 5 heteroatoms. The highest BCUT2D eigenvalue weighted by atomic mass is 35.5. The summed E-state index contributed by atoms with van der Waals surface area (Å²) in [5, 5.41) is 5.45. The SMILES string of the molecule is Clc1cccc(Cl)c1-c1noc(C2CC2)c1COC1CCC1. The molecular formula is C17H17Cl2NO2. The number of aromatic nitrogens is 1. The van der Waals surface area contributed by atoms with Crippen LogP contribution in [0.2, 0.25) is 10.0 Å². The molecule has 2 fully saturated rings. The predicted octanol–water partition coefficient (Wildman–Crippen LogP) is 5.59. The molecule has 0 atom stereocenters. The van der Waals surface area contributed by atoms with Gasteiger partial charge in [-0.2, -0.15) is 0 Å². The first-order valence-corrected chi connectivity index (χ1v) is 8.54. The molecule has 1 aromatic heterocycles. The zero-order valence-corrected chi connectivity index (χ0v) is 13.7. The Kier molecular flexibility index (Phi) is 3.89. The number of benzene rings is 1. The Morgan fingerprint density at radius 1 is 1.14 bits per heavy atom. The van der Waals surface area contributed by atoms with Crippen molar-refractivity contribution in [3.8, 4) is 11.3 Å². The number of rotatable bonds is 5. The monoisotopic (exact) mass is 337 g/mol. The van der Waals surface area contributed by atoms with Gasteiger partial charge < -0.3 is 9.26 Å². The van der Waals surface area contributed by atoms with Gasteiger partial charge in [0.05, 0.1) is 22.8 Å². The van der Waals surface area contributed by atoms with E-state index in [0.29, 0.717) is 28.7 Å². The second kappa shape index (κ2) is 5.88. The quantitative estimate of drug-likeness (QED) is 0.712. The Bertz CT molecular complexity index is 670. The number of ether oxygens (including phenoxy) is 1. The van der Waals surface area contributed by atoms with Gasteiger partial charge in [-0.05, 0) is 44.2 Å². The number of hydrogen-bond acceptors (Lipinski definition) is 3. The van der Waals surface area contributed by atoms with E-state index in [1.54, 1.807) is 0 Å². The number of nitrogens with zero attached hydrogens (tertiary/aromatic N) is 1. The van der Waals surface area contributed by atoms with Gasteiger partial charge >= 0.3 is 0 Å². The molecule has 0 spiro atoms. The van der Waals surface area contributed by atoms with E-state index >= 15 is 0 Å². The summed E-state index contributed by atoms with van der Waals surface area (Å²) >= 11 is 12.7. The Morgan fingerprint density at radius 2 is 1.86 bits per heavy atom. The lowest BCUT2D eigenvalue weighted by Gasteiger charge is -2.25. The van der Waals surface area contributed by atoms with Crippen LogP contribution in [0, 0.1) is 0 Å². The van der Waals surface area contributed by atoms with Crippen LogP contribution in [-0.4, -0.2) is 11.3 Å². The van der Waals surface area contributed by atoms with E-state index in [-0.39, 0.29) is 0 Å². The summed E-state index contributed by atoms with van der Waals surface area (Å²) in [5.74, 6) is 1.42. The third-order valence-electron chi connectivity index (χ3n) is 4.48. The van der Waals surface area contributed by atoms with Gasteiger partial charge in [-0.3, -0.25) is 0 Å².